The minimum Gasteiger partial charge on any atom is -0.475 e. The van der Waals surface area contributed by atoms with E-state index in [-0.39, 0.29) is 24.2 Å². The Labute approximate surface area is 175 Å². The van der Waals surface area contributed by atoms with Crippen LogP contribution in [0.15, 0.2) is 6.07 Å². The van der Waals surface area contributed by atoms with Crippen LogP contribution in [0.2, 0.25) is 5.15 Å². The molecule has 0 bridgehead atoms. The maximum absolute atomic E-state index is 12.7. The molecule has 3 N–H and O–H groups in total. The van der Waals surface area contributed by atoms with E-state index in [1.165, 1.54) is 11.8 Å². The summed E-state index contributed by atoms with van der Waals surface area (Å²) in [6.45, 7) is 3.34. The minimum absolute atomic E-state index is 0.0621. The largest absolute Gasteiger partial charge is 0.490 e. The first-order chi connectivity index (χ1) is 13.9. The highest BCUT2D eigenvalue weighted by atomic mass is 35.5. The quantitative estimate of drug-likeness (QED) is 0.441. The van der Waals surface area contributed by atoms with E-state index in [0.29, 0.717) is 6.42 Å². The van der Waals surface area contributed by atoms with Crippen LogP contribution in [0.4, 0.5) is 31.1 Å². The Morgan fingerprint density at radius 3 is 2.10 bits per heavy atom. The first-order valence-corrected chi connectivity index (χ1v) is 8.60. The predicted molar refractivity (Wildman–Crippen MR) is 92.8 cm³/mol. The molecule has 15 heteroatoms. The smallest absolute Gasteiger partial charge is 0.475 e. The van der Waals surface area contributed by atoms with E-state index in [9.17, 15) is 35.9 Å². The summed E-state index contributed by atoms with van der Waals surface area (Å²) >= 11 is 5.80. The molecule has 0 saturated carbocycles. The van der Waals surface area contributed by atoms with Gasteiger partial charge < -0.3 is 20.4 Å². The molecular weight excluding hydrogens is 464 g/mol. The number of likely N-dealkylation sites (tertiary alicyclic amines) is 1. The number of carbonyl (C=O) groups excluding carboxylic acids is 1. The zero-order valence-electron chi connectivity index (χ0n) is 15.9. The zero-order chi connectivity index (χ0) is 24.4. The average molecular weight is 480 g/mol. The third kappa shape index (κ3) is 7.15. The molecule has 1 aromatic heterocycles. The standard InChI is InChI=1S/C14H15ClF3N3O3.C2HF3O2/c1-7-5-8(14(16,17)18)19-10(15)9(7)11(22)21-4-3-13(2,6-21)20-12(23)24;3-2(4,5)1(6)7/h5,20H,3-4,6H2,1-2H3,(H,23,24);(H,6,7). The number of hydrogen-bond acceptors (Lipinski definition) is 4. The second-order valence-electron chi connectivity index (χ2n) is 6.76. The molecule has 31 heavy (non-hydrogen) atoms. The lowest BCUT2D eigenvalue weighted by atomic mass is 10.0. The van der Waals surface area contributed by atoms with Crippen LogP contribution in [0.1, 0.15) is 35.0 Å². The third-order valence-electron chi connectivity index (χ3n) is 4.09. The van der Waals surface area contributed by atoms with Crippen LogP contribution < -0.4 is 5.32 Å². The van der Waals surface area contributed by atoms with Crippen LogP contribution in [-0.4, -0.2) is 62.9 Å². The monoisotopic (exact) mass is 479 g/mol. The number of pyridine rings is 1. The van der Waals surface area contributed by atoms with E-state index in [2.05, 4.69) is 10.3 Å². The van der Waals surface area contributed by atoms with Gasteiger partial charge in [0, 0.05) is 13.1 Å². The fourth-order valence-electron chi connectivity index (χ4n) is 2.69. The lowest BCUT2D eigenvalue weighted by molar-refractivity contribution is -0.192. The highest BCUT2D eigenvalue weighted by Gasteiger charge is 2.40. The van der Waals surface area contributed by atoms with Crippen molar-refractivity contribution in [3.63, 3.8) is 0 Å². The number of carbonyl (C=O) groups is 3. The number of aliphatic carboxylic acids is 1. The Bertz CT molecular complexity index is 853. The first kappa shape index (κ1) is 26.3. The molecule has 1 aromatic rings. The first-order valence-electron chi connectivity index (χ1n) is 8.22. The average Bonchev–Trinajstić information content (AvgIpc) is 2.93. The number of nitrogens with one attached hydrogen (secondary N) is 1. The van der Waals surface area contributed by atoms with Crippen molar-refractivity contribution >= 4 is 29.6 Å². The van der Waals surface area contributed by atoms with E-state index in [0.717, 1.165) is 6.07 Å². The van der Waals surface area contributed by atoms with E-state index >= 15 is 0 Å². The minimum atomic E-state index is -5.08. The molecule has 2 rings (SSSR count). The van der Waals surface area contributed by atoms with Crippen molar-refractivity contribution in [1.82, 2.24) is 15.2 Å². The van der Waals surface area contributed by atoms with Gasteiger partial charge >= 0.3 is 24.4 Å². The molecule has 0 aromatic carbocycles. The lowest BCUT2D eigenvalue weighted by Crippen LogP contribution is -2.48. The molecule has 0 radical (unpaired) electrons. The molecule has 174 valence electrons. The van der Waals surface area contributed by atoms with E-state index in [1.807, 2.05) is 0 Å². The van der Waals surface area contributed by atoms with E-state index in [4.69, 9.17) is 26.6 Å². The van der Waals surface area contributed by atoms with Crippen molar-refractivity contribution in [3.8, 4) is 0 Å². The predicted octanol–water partition coefficient (Wildman–Crippen LogP) is 3.57. The van der Waals surface area contributed by atoms with Gasteiger partial charge in [-0.25, -0.2) is 14.6 Å². The van der Waals surface area contributed by atoms with E-state index < -0.39 is 46.7 Å². The van der Waals surface area contributed by atoms with Crippen LogP contribution in [0.25, 0.3) is 0 Å². The number of amides is 2. The van der Waals surface area contributed by atoms with Gasteiger partial charge in [-0.05, 0) is 31.9 Å². The fourth-order valence-corrected chi connectivity index (χ4v) is 3.01. The van der Waals surface area contributed by atoms with Crippen molar-refractivity contribution < 1.29 is 50.9 Å². The maximum atomic E-state index is 12.7. The number of nitrogens with zero attached hydrogens (tertiary/aromatic N) is 2. The van der Waals surface area contributed by atoms with Gasteiger partial charge in [0.05, 0.1) is 11.1 Å². The summed E-state index contributed by atoms with van der Waals surface area (Å²) in [6.07, 6.45) is -10.6. The van der Waals surface area contributed by atoms with Crippen molar-refractivity contribution in [2.75, 3.05) is 13.1 Å². The van der Waals surface area contributed by atoms with Gasteiger partial charge in [-0.2, -0.15) is 26.3 Å². The highest BCUT2D eigenvalue weighted by Crippen LogP contribution is 2.32. The van der Waals surface area contributed by atoms with Gasteiger partial charge in [0.2, 0.25) is 0 Å². The van der Waals surface area contributed by atoms with Crippen molar-refractivity contribution in [2.45, 2.75) is 38.2 Å². The summed E-state index contributed by atoms with van der Waals surface area (Å²) < 4.78 is 69.9. The molecule has 1 fully saturated rings. The molecule has 1 unspecified atom stereocenters. The van der Waals surface area contributed by atoms with Crippen molar-refractivity contribution in [3.05, 3.63) is 28.0 Å². The summed E-state index contributed by atoms with van der Waals surface area (Å²) in [7, 11) is 0. The molecule has 2 amide bonds. The zero-order valence-corrected chi connectivity index (χ0v) is 16.6. The summed E-state index contributed by atoms with van der Waals surface area (Å²) in [5.41, 5.74) is -2.03. The van der Waals surface area contributed by atoms with Crippen molar-refractivity contribution in [2.24, 2.45) is 0 Å². The number of carboxylic acid groups (broad SMARTS) is 2. The second-order valence-corrected chi connectivity index (χ2v) is 7.12. The Morgan fingerprint density at radius 1 is 1.19 bits per heavy atom. The van der Waals surface area contributed by atoms with E-state index in [1.54, 1.807) is 6.92 Å². The summed E-state index contributed by atoms with van der Waals surface area (Å²) in [5.74, 6) is -3.33. The van der Waals surface area contributed by atoms with Gasteiger partial charge in [0.15, 0.2) is 0 Å². The molecule has 1 atom stereocenters. The van der Waals surface area contributed by atoms with Gasteiger partial charge in [0.25, 0.3) is 5.91 Å². The number of hydrogen-bond donors (Lipinski definition) is 3. The number of rotatable bonds is 2. The highest BCUT2D eigenvalue weighted by molar-refractivity contribution is 6.32. The van der Waals surface area contributed by atoms with Crippen LogP contribution in [0.5, 0.6) is 0 Å². The summed E-state index contributed by atoms with van der Waals surface area (Å²) in [4.78, 5) is 36.9. The molecule has 8 nitrogen and oxygen atoms in total. The molecule has 1 aliphatic heterocycles. The van der Waals surface area contributed by atoms with Gasteiger partial charge in [-0.15, -0.1) is 0 Å². The van der Waals surface area contributed by atoms with Crippen LogP contribution in [0.3, 0.4) is 0 Å². The number of carboxylic acids is 1. The SMILES string of the molecule is Cc1cc(C(F)(F)F)nc(Cl)c1C(=O)N1CCC(C)(NC(=O)O)C1.O=C(O)C(F)(F)F. The van der Waals surface area contributed by atoms with Crippen LogP contribution in [-0.2, 0) is 11.0 Å². The Hall–Kier alpha value is -2.77. The third-order valence-corrected chi connectivity index (χ3v) is 4.36. The molecule has 0 spiro atoms. The number of aryl methyl sites for hydroxylation is 1. The van der Waals surface area contributed by atoms with Crippen LogP contribution in [0, 0.1) is 6.92 Å². The Balaban J connectivity index is 0.000000592. The molecule has 0 aliphatic carbocycles. The summed E-state index contributed by atoms with van der Waals surface area (Å²) in [6, 6.07) is 0.768. The van der Waals surface area contributed by atoms with Gasteiger partial charge in [-0.3, -0.25) is 4.79 Å². The molecule has 1 saturated heterocycles. The molecule has 2 heterocycles. The number of alkyl halides is 6. The number of halogens is 7. The Morgan fingerprint density at radius 2 is 1.71 bits per heavy atom. The van der Waals surface area contributed by atoms with Crippen molar-refractivity contribution in [1.29, 1.82) is 0 Å². The number of aromatic nitrogens is 1. The maximum Gasteiger partial charge on any atom is 0.490 e. The molecular formula is C16H16ClF6N3O5. The van der Waals surface area contributed by atoms with Gasteiger partial charge in [-0.1, -0.05) is 11.6 Å². The summed E-state index contributed by atoms with van der Waals surface area (Å²) in [5, 5.41) is 17.8. The normalized spacial score (nSPS) is 18.8. The Kier molecular flexibility index (Phi) is 7.76. The second kappa shape index (κ2) is 9.16. The fraction of sp³-hybridized carbons (Fsp3) is 0.500. The van der Waals surface area contributed by atoms with Crippen LogP contribution >= 0.6 is 11.6 Å². The van der Waals surface area contributed by atoms with Gasteiger partial charge in [0.1, 0.15) is 10.8 Å². The lowest BCUT2D eigenvalue weighted by Gasteiger charge is -2.25. The topological polar surface area (TPSA) is 120 Å². The molecule has 1 aliphatic rings.